The minimum absolute atomic E-state index is 1.25. The molecule has 0 rings (SSSR count). The van der Waals surface area contributed by atoms with Gasteiger partial charge in [0.15, 0.2) is 0 Å². The lowest BCUT2D eigenvalue weighted by Gasteiger charge is -1.68. The zero-order valence-electron chi connectivity index (χ0n) is 18.4. The molecule has 0 nitrogen and oxygen atoms in total. The molecule has 0 unspecified atom stereocenters. The van der Waals surface area contributed by atoms with Crippen LogP contribution >= 0.6 is 0 Å². The predicted octanol–water partition coefficient (Wildman–Crippen LogP) is 9.67. The molecule has 0 aromatic heterocycles. The summed E-state index contributed by atoms with van der Waals surface area (Å²) in [5.41, 5.74) is 0. The highest BCUT2D eigenvalue weighted by Gasteiger charge is 1.57. The van der Waals surface area contributed by atoms with Crippen molar-refractivity contribution in [3.8, 4) is 0 Å². The van der Waals surface area contributed by atoms with Gasteiger partial charge in [0.2, 0.25) is 0 Å². The SMILES string of the molecule is CCC.CCC.CCC.CCCC.CCCC.CCCC. The van der Waals surface area contributed by atoms with E-state index in [2.05, 4.69) is 83.1 Å². The van der Waals surface area contributed by atoms with Gasteiger partial charge in [-0.1, -0.05) is 141 Å². The van der Waals surface area contributed by atoms with Crippen LogP contribution in [0.1, 0.15) is 141 Å². The van der Waals surface area contributed by atoms with Crippen molar-refractivity contribution in [1.82, 2.24) is 0 Å². The molecule has 0 spiro atoms. The van der Waals surface area contributed by atoms with E-state index in [0.717, 1.165) is 0 Å². The first kappa shape index (κ1) is 37.3. The number of rotatable bonds is 3. The summed E-state index contributed by atoms with van der Waals surface area (Å²) in [6, 6.07) is 0. The van der Waals surface area contributed by atoms with Crippen LogP contribution < -0.4 is 0 Å². The molecule has 0 saturated heterocycles. The normalized spacial score (nSPS) is 6.86. The van der Waals surface area contributed by atoms with Crippen molar-refractivity contribution in [2.24, 2.45) is 0 Å². The van der Waals surface area contributed by atoms with Gasteiger partial charge >= 0.3 is 0 Å². The molecule has 0 saturated carbocycles. The van der Waals surface area contributed by atoms with Crippen LogP contribution in [0.5, 0.6) is 0 Å². The first-order valence-corrected chi connectivity index (χ1v) is 9.99. The van der Waals surface area contributed by atoms with Gasteiger partial charge in [0.05, 0.1) is 0 Å². The number of unbranched alkanes of at least 4 members (excludes halogenated alkanes) is 3. The van der Waals surface area contributed by atoms with E-state index in [-0.39, 0.29) is 0 Å². The minimum Gasteiger partial charge on any atom is -0.0656 e. The van der Waals surface area contributed by atoms with Crippen molar-refractivity contribution in [2.75, 3.05) is 0 Å². The summed E-state index contributed by atoms with van der Waals surface area (Å²) in [4.78, 5) is 0. The van der Waals surface area contributed by atoms with Crippen molar-refractivity contribution in [1.29, 1.82) is 0 Å². The standard InChI is InChI=1S/3C4H10.3C3H8/c3*1-3-4-2;3*1-3-2/h3*3-4H2,1-2H3;3*3H2,1-2H3. The Morgan fingerprint density at radius 1 is 0.238 bits per heavy atom. The van der Waals surface area contributed by atoms with Crippen LogP contribution in [0.4, 0.5) is 0 Å². The van der Waals surface area contributed by atoms with Crippen LogP contribution in [-0.4, -0.2) is 0 Å². The van der Waals surface area contributed by atoms with E-state index in [9.17, 15) is 0 Å². The second kappa shape index (κ2) is 89.1. The second-order valence-corrected chi connectivity index (χ2v) is 5.12. The topological polar surface area (TPSA) is 0 Å². The lowest BCUT2D eigenvalue weighted by molar-refractivity contribution is 0.886. The van der Waals surface area contributed by atoms with Gasteiger partial charge in [-0.05, 0) is 0 Å². The first-order valence-electron chi connectivity index (χ1n) is 9.99. The maximum Gasteiger partial charge on any atom is -0.0564 e. The summed E-state index contributed by atoms with van der Waals surface area (Å²) in [6.45, 7) is 25.8. The van der Waals surface area contributed by atoms with E-state index in [0.29, 0.717) is 0 Å². The lowest BCUT2D eigenvalue weighted by Crippen LogP contribution is -1.47. The molecule has 0 aliphatic rings. The van der Waals surface area contributed by atoms with Crippen LogP contribution in [0.3, 0.4) is 0 Å². The third-order valence-electron chi connectivity index (χ3n) is 1.50. The van der Waals surface area contributed by atoms with Gasteiger partial charge in [-0.25, -0.2) is 0 Å². The fraction of sp³-hybridized carbons (Fsp3) is 1.00. The van der Waals surface area contributed by atoms with Crippen LogP contribution in [0.2, 0.25) is 0 Å². The molecule has 0 amide bonds. The molecule has 0 aliphatic carbocycles. The molecule has 21 heavy (non-hydrogen) atoms. The maximum atomic E-state index is 2.18. The summed E-state index contributed by atoms with van der Waals surface area (Å²) in [5.74, 6) is 0. The van der Waals surface area contributed by atoms with Gasteiger partial charge in [0.1, 0.15) is 0 Å². The van der Waals surface area contributed by atoms with Crippen LogP contribution in [-0.2, 0) is 0 Å². The summed E-state index contributed by atoms with van der Waals surface area (Å²) >= 11 is 0. The predicted molar refractivity (Wildman–Crippen MR) is 110 cm³/mol. The van der Waals surface area contributed by atoms with Gasteiger partial charge in [0, 0.05) is 0 Å². The van der Waals surface area contributed by atoms with Gasteiger partial charge in [0.25, 0.3) is 0 Å². The Morgan fingerprint density at radius 2 is 0.286 bits per heavy atom. The maximum absolute atomic E-state index is 2.18. The third-order valence-corrected chi connectivity index (χ3v) is 1.50. The molecule has 0 fully saturated rings. The highest BCUT2D eigenvalue weighted by molar-refractivity contribution is 4.13. The molecule has 0 aliphatic heterocycles. The van der Waals surface area contributed by atoms with Crippen molar-refractivity contribution in [3.05, 3.63) is 0 Å². The first-order chi connectivity index (χ1) is 9.99. The molecule has 0 N–H and O–H groups in total. The molecule has 0 aromatic carbocycles. The zero-order valence-corrected chi connectivity index (χ0v) is 18.4. The molecular formula is C21H54. The summed E-state index contributed by atoms with van der Waals surface area (Å²) < 4.78 is 0. The fourth-order valence-corrected chi connectivity index (χ4v) is 0. The second-order valence-electron chi connectivity index (χ2n) is 5.12. The van der Waals surface area contributed by atoms with Crippen LogP contribution in [0, 0.1) is 0 Å². The Hall–Kier alpha value is 0. The number of hydrogen-bond acceptors (Lipinski definition) is 0. The Balaban J connectivity index is -0.0000000324. The molecule has 0 radical (unpaired) electrons. The largest absolute Gasteiger partial charge is 0.0656 e. The Kier molecular flexibility index (Phi) is 158. The molecule has 0 heteroatoms. The summed E-state index contributed by atoms with van der Waals surface area (Å²) in [7, 11) is 0. The van der Waals surface area contributed by atoms with E-state index in [1.165, 1.54) is 57.8 Å². The summed E-state index contributed by atoms with van der Waals surface area (Å²) in [6.07, 6.45) is 11.7. The fourth-order valence-electron chi connectivity index (χ4n) is 0. The zero-order chi connectivity index (χ0) is 18.4. The van der Waals surface area contributed by atoms with E-state index in [4.69, 9.17) is 0 Å². The van der Waals surface area contributed by atoms with Crippen molar-refractivity contribution in [2.45, 2.75) is 141 Å². The van der Waals surface area contributed by atoms with Gasteiger partial charge < -0.3 is 0 Å². The highest BCUT2D eigenvalue weighted by Crippen LogP contribution is 1.77. The quantitative estimate of drug-likeness (QED) is 0.486. The molecule has 0 bridgehead atoms. The molecule has 138 valence electrons. The van der Waals surface area contributed by atoms with E-state index < -0.39 is 0 Å². The van der Waals surface area contributed by atoms with Crippen LogP contribution in [0.15, 0.2) is 0 Å². The average molecular weight is 307 g/mol. The van der Waals surface area contributed by atoms with Crippen molar-refractivity contribution >= 4 is 0 Å². The Morgan fingerprint density at radius 3 is 0.286 bits per heavy atom. The van der Waals surface area contributed by atoms with E-state index in [1.807, 2.05) is 0 Å². The Bertz CT molecular complexity index is 36.8. The van der Waals surface area contributed by atoms with Crippen molar-refractivity contribution in [3.63, 3.8) is 0 Å². The molecule has 0 heterocycles. The lowest BCUT2D eigenvalue weighted by atomic mass is 10.4. The van der Waals surface area contributed by atoms with E-state index >= 15 is 0 Å². The van der Waals surface area contributed by atoms with Gasteiger partial charge in [-0.2, -0.15) is 0 Å². The molecular weight excluding hydrogens is 252 g/mol. The number of hydrogen-bond donors (Lipinski definition) is 0. The van der Waals surface area contributed by atoms with Crippen LogP contribution in [0.25, 0.3) is 0 Å². The van der Waals surface area contributed by atoms with Gasteiger partial charge in [-0.3, -0.25) is 0 Å². The Labute approximate surface area is 141 Å². The summed E-state index contributed by atoms with van der Waals surface area (Å²) in [5, 5.41) is 0. The van der Waals surface area contributed by atoms with Crippen molar-refractivity contribution < 1.29 is 0 Å². The van der Waals surface area contributed by atoms with Gasteiger partial charge in [-0.15, -0.1) is 0 Å². The monoisotopic (exact) mass is 306 g/mol. The molecule has 0 aromatic rings. The smallest absolute Gasteiger partial charge is 0.0564 e. The average Bonchev–Trinajstić information content (AvgIpc) is 2.50. The van der Waals surface area contributed by atoms with E-state index in [1.54, 1.807) is 0 Å². The highest BCUT2D eigenvalue weighted by atomic mass is 13.6. The molecule has 0 atom stereocenters. The minimum atomic E-state index is 1.25. The third kappa shape index (κ3) is 720.